The summed E-state index contributed by atoms with van der Waals surface area (Å²) < 4.78 is 192. The van der Waals surface area contributed by atoms with Gasteiger partial charge in [0, 0.05) is 110 Å². The molecule has 35 heavy (non-hydrogen) atoms. The summed E-state index contributed by atoms with van der Waals surface area (Å²) in [5.74, 6) is 0. The maximum Gasteiger partial charge on any atom is 0 e. The molecule has 0 heterocycles. The molecule has 0 rings (SSSR count). The van der Waals surface area contributed by atoms with Crippen molar-refractivity contribution in [3.63, 3.8) is 0 Å². The minimum Gasteiger partial charge on any atom is -0.269 e. The fourth-order valence-corrected chi connectivity index (χ4v) is 0. The van der Waals surface area contributed by atoms with Crippen LogP contribution < -0.4 is 0 Å². The molecule has 0 aliphatic heterocycles. The Labute approximate surface area is 177 Å². The number of halogens is 30. The van der Waals surface area contributed by atoms with E-state index in [-0.39, 0.29) is 65.4 Å². The van der Waals surface area contributed by atoms with Gasteiger partial charge in [0.15, 0.2) is 0 Å². The van der Waals surface area contributed by atoms with Crippen molar-refractivity contribution in [2.45, 2.75) is 37.1 Å². The van der Waals surface area contributed by atoms with Gasteiger partial charge in [0.05, 0.1) is 0 Å². The van der Waals surface area contributed by atoms with Gasteiger partial charge in [-0.05, 0) is 0 Å². The third kappa shape index (κ3) is 6470. The number of hydrogen-bond donors (Lipinski definition) is 0. The Morgan fingerprint density at radius 2 is 0.114 bits per heavy atom. The molecule has 0 atom stereocenters. The van der Waals surface area contributed by atoms with Gasteiger partial charge in [-0.2, -0.15) is 0 Å². The van der Waals surface area contributed by atoms with Gasteiger partial charge in [0.2, 0.25) is 0 Å². The Bertz CT molecular complexity index is 20.7. The van der Waals surface area contributed by atoms with E-state index in [0.29, 0.717) is 0 Å². The van der Waals surface area contributed by atoms with E-state index in [4.69, 9.17) is 110 Å². The van der Waals surface area contributed by atoms with Gasteiger partial charge in [0.1, 0.15) is 0 Å². The van der Waals surface area contributed by atoms with Crippen molar-refractivity contribution in [3.05, 3.63) is 0 Å². The Morgan fingerprint density at radius 3 is 0.114 bits per heavy atom. The molecule has 0 aromatic heterocycles. The number of hydrogen-bond acceptors (Lipinski definition) is 0. The fourth-order valence-electron chi connectivity index (χ4n) is 0. The van der Waals surface area contributed by atoms with Crippen molar-refractivity contribution in [2.75, 3.05) is 0 Å². The molecule has 0 radical (unpaired) electrons. The summed E-state index contributed by atoms with van der Waals surface area (Å²) >= 11 is 0. The van der Waals surface area contributed by atoms with E-state index in [0.717, 1.165) is 0 Å². The average molecular weight is 656 g/mol. The SMILES string of the molecule is C.C.C.C.C.F.F.F.F.F.F.FF.FF.FF.FF.FF.FF.FF.FF.FF.FF.FF.FF. The molecule has 0 bridgehead atoms. The Morgan fingerprint density at radius 1 is 0.114 bits per heavy atom. The van der Waals surface area contributed by atoms with Crippen LogP contribution in [0.5, 0.6) is 0 Å². The first-order chi connectivity index (χ1) is 12.0. The van der Waals surface area contributed by atoms with Crippen LogP contribution in [0.25, 0.3) is 0 Å². The second-order valence-electron chi connectivity index (χ2n) is 0. The molecule has 0 fully saturated rings. The molecule has 0 N–H and O–H groups in total. The normalized spacial score (nSPS) is 2.06. The van der Waals surface area contributed by atoms with E-state index in [1.165, 1.54) is 0 Å². The van der Waals surface area contributed by atoms with Crippen molar-refractivity contribution in [1.29, 1.82) is 0 Å². The van der Waals surface area contributed by atoms with Crippen molar-refractivity contribution >= 4 is 0 Å². The van der Waals surface area contributed by atoms with Crippen LogP contribution in [-0.4, -0.2) is 0 Å². The zero-order valence-corrected chi connectivity index (χ0v) is 11.5. The third-order valence-corrected chi connectivity index (χ3v) is 0. The molecule has 256 valence electrons. The quantitative estimate of drug-likeness (QED) is 0.228. The maximum absolute atomic E-state index is 8.00. The summed E-state index contributed by atoms with van der Waals surface area (Å²) in [5.41, 5.74) is 0. The minimum atomic E-state index is 0. The summed E-state index contributed by atoms with van der Waals surface area (Å²) in [6.45, 7) is 0. The first kappa shape index (κ1) is 342. The molecule has 0 saturated carbocycles. The predicted molar refractivity (Wildman–Crippen MR) is 75.3 cm³/mol. The molecule has 0 aromatic rings. The largest absolute Gasteiger partial charge is 0.269 e. The monoisotopic (exact) mass is 656 g/mol. The second kappa shape index (κ2) is 6910. The van der Waals surface area contributed by atoms with E-state index in [2.05, 4.69) is 0 Å². The summed E-state index contributed by atoms with van der Waals surface area (Å²) in [6.07, 6.45) is 0. The molecule has 0 unspecified atom stereocenters. The summed E-state index contributed by atoms with van der Waals surface area (Å²) in [4.78, 5) is 0. The van der Waals surface area contributed by atoms with Crippen molar-refractivity contribution in [3.8, 4) is 0 Å². The first-order valence-corrected chi connectivity index (χ1v) is 1.71. The van der Waals surface area contributed by atoms with Gasteiger partial charge in [0.25, 0.3) is 0 Å². The zero-order chi connectivity index (χ0) is 24.0. The standard InChI is InChI=1S/5CH4.12F2.6FH/c;;;;;12*1-2;;;;;;/h5*1H4;;;;;;;;;;;;;6*1H. The van der Waals surface area contributed by atoms with Crippen LogP contribution in [0.4, 0.5) is 138 Å². The number of rotatable bonds is 0. The molecular formula is C5H26F30. The van der Waals surface area contributed by atoms with Crippen LogP contribution in [0.3, 0.4) is 0 Å². The summed E-state index contributed by atoms with van der Waals surface area (Å²) in [7, 11) is 0. The molecule has 0 amide bonds. The molecule has 0 saturated heterocycles. The van der Waals surface area contributed by atoms with Crippen molar-refractivity contribution in [2.24, 2.45) is 0 Å². The fraction of sp³-hybridized carbons (Fsp3) is 1.00. The average Bonchev–Trinajstić information content (AvgIpc) is 2.84. The molecule has 30 heteroatoms. The lowest BCUT2D eigenvalue weighted by Gasteiger charge is -1.00. The van der Waals surface area contributed by atoms with E-state index in [9.17, 15) is 0 Å². The topological polar surface area (TPSA) is 0 Å². The van der Waals surface area contributed by atoms with Gasteiger partial charge in [-0.1, -0.05) is 37.1 Å². The Balaban J connectivity index is -0.00000000208. The van der Waals surface area contributed by atoms with Gasteiger partial charge >= 0.3 is 0 Å². The zero-order valence-electron chi connectivity index (χ0n) is 11.5. The first-order valence-electron chi connectivity index (χ1n) is 1.71. The highest BCUT2D eigenvalue weighted by Crippen LogP contribution is 1.44. The third-order valence-electron chi connectivity index (χ3n) is 0. The van der Waals surface area contributed by atoms with E-state index >= 15 is 0 Å². The molecule has 0 aliphatic carbocycles. The predicted octanol–water partition coefficient (Wildman–Crippen LogP) is 14.2. The molecule has 0 nitrogen and oxygen atoms in total. The van der Waals surface area contributed by atoms with E-state index in [1.807, 2.05) is 0 Å². The molecule has 0 spiro atoms. The minimum absolute atomic E-state index is 0. The molecule has 0 aromatic carbocycles. The highest BCUT2D eigenvalue weighted by Gasteiger charge is 1.02. The Kier molecular flexibility index (Phi) is 67400. The van der Waals surface area contributed by atoms with Gasteiger partial charge in [-0.15, -0.1) is 0 Å². The lowest BCUT2D eigenvalue weighted by atomic mass is 12.0. The van der Waals surface area contributed by atoms with Crippen LogP contribution >= 0.6 is 0 Å². The lowest BCUT2D eigenvalue weighted by molar-refractivity contribution is 0.108. The van der Waals surface area contributed by atoms with Gasteiger partial charge < -0.3 is 0 Å². The maximum atomic E-state index is 8.00. The van der Waals surface area contributed by atoms with Crippen LogP contribution in [0.1, 0.15) is 37.1 Å². The highest BCUT2D eigenvalue weighted by molar-refractivity contribution is 2.51. The van der Waals surface area contributed by atoms with Crippen LogP contribution in [-0.2, 0) is 0 Å². The van der Waals surface area contributed by atoms with Crippen molar-refractivity contribution in [1.82, 2.24) is 0 Å². The highest BCUT2D eigenvalue weighted by atomic mass is 20.0. The lowest BCUT2D eigenvalue weighted by Crippen LogP contribution is -0.580. The second-order valence-corrected chi connectivity index (χ2v) is 0. The van der Waals surface area contributed by atoms with Gasteiger partial charge in [-0.3, -0.25) is 28.2 Å². The van der Waals surface area contributed by atoms with E-state index in [1.54, 1.807) is 0 Å². The van der Waals surface area contributed by atoms with Crippen LogP contribution in [0, 0.1) is 0 Å². The van der Waals surface area contributed by atoms with Crippen molar-refractivity contribution < 1.29 is 138 Å². The molecular weight excluding hydrogens is 630 g/mol. The smallest absolute Gasteiger partial charge is 0 e. The van der Waals surface area contributed by atoms with Gasteiger partial charge in [-0.25, -0.2) is 0 Å². The Hall–Kier alpha value is -2.10. The van der Waals surface area contributed by atoms with Crippen LogP contribution in [0.15, 0.2) is 0 Å². The summed E-state index contributed by atoms with van der Waals surface area (Å²) in [5, 5.41) is 0. The van der Waals surface area contributed by atoms with E-state index < -0.39 is 0 Å². The summed E-state index contributed by atoms with van der Waals surface area (Å²) in [6, 6.07) is 0. The molecule has 0 aliphatic rings. The van der Waals surface area contributed by atoms with Crippen LogP contribution in [0.2, 0.25) is 0 Å².